The number of ether oxygens (including phenoxy) is 1. The van der Waals surface area contributed by atoms with Crippen LogP contribution in [0, 0.1) is 0 Å². The molecule has 0 unspecified atom stereocenters. The lowest BCUT2D eigenvalue weighted by Gasteiger charge is -2.04. The third-order valence-corrected chi connectivity index (χ3v) is 2.35. The average molecular weight is 260 g/mol. The number of hydrogen-bond acceptors (Lipinski definition) is 7. The fourth-order valence-electron chi connectivity index (χ4n) is 1.57. The Bertz CT molecular complexity index is 702. The topological polar surface area (TPSA) is 106 Å². The molecular formula is C10H12N8O. The van der Waals surface area contributed by atoms with Gasteiger partial charge in [0.15, 0.2) is 5.65 Å². The van der Waals surface area contributed by atoms with Gasteiger partial charge in [-0.05, 0) is 6.92 Å². The lowest BCUT2D eigenvalue weighted by Crippen LogP contribution is -2.04. The predicted molar refractivity (Wildman–Crippen MR) is 66.9 cm³/mol. The van der Waals surface area contributed by atoms with Crippen molar-refractivity contribution in [1.29, 1.82) is 0 Å². The highest BCUT2D eigenvalue weighted by molar-refractivity contribution is 5.77. The maximum atomic E-state index is 5.55. The Kier molecular flexibility index (Phi) is 2.71. The van der Waals surface area contributed by atoms with E-state index in [4.69, 9.17) is 4.74 Å². The molecule has 0 aliphatic rings. The molecule has 0 fully saturated rings. The molecular weight excluding hydrogens is 248 g/mol. The highest BCUT2D eigenvalue weighted by Crippen LogP contribution is 2.24. The number of aryl methyl sites for hydroxylation is 1. The van der Waals surface area contributed by atoms with Crippen LogP contribution in [-0.2, 0) is 7.05 Å². The Morgan fingerprint density at radius 2 is 2.26 bits per heavy atom. The molecule has 98 valence electrons. The van der Waals surface area contributed by atoms with Crippen molar-refractivity contribution in [2.24, 2.45) is 7.05 Å². The van der Waals surface area contributed by atoms with Crippen LogP contribution in [0.3, 0.4) is 0 Å². The minimum absolute atomic E-state index is 0.222. The van der Waals surface area contributed by atoms with Crippen molar-refractivity contribution >= 4 is 17.1 Å². The minimum Gasteiger partial charge on any atom is -0.402 e. The minimum atomic E-state index is 0.222. The van der Waals surface area contributed by atoms with E-state index in [0.29, 0.717) is 29.5 Å². The van der Waals surface area contributed by atoms with E-state index in [0.717, 1.165) is 0 Å². The zero-order valence-electron chi connectivity index (χ0n) is 10.5. The second-order valence-electron chi connectivity index (χ2n) is 3.79. The number of nitrogens with zero attached hydrogens (tertiary/aromatic N) is 6. The maximum Gasteiger partial charge on any atom is 0.342 e. The fourth-order valence-corrected chi connectivity index (χ4v) is 1.57. The summed E-state index contributed by atoms with van der Waals surface area (Å²) in [7, 11) is 1.76. The van der Waals surface area contributed by atoms with E-state index in [1.807, 2.05) is 6.92 Å². The first kappa shape index (κ1) is 11.4. The largest absolute Gasteiger partial charge is 0.402 e. The van der Waals surface area contributed by atoms with Gasteiger partial charge < -0.3 is 15.0 Å². The predicted octanol–water partition coefficient (Wildman–Crippen LogP) is 0.705. The second kappa shape index (κ2) is 4.52. The van der Waals surface area contributed by atoms with Crippen molar-refractivity contribution in [2.45, 2.75) is 6.92 Å². The lowest BCUT2D eigenvalue weighted by molar-refractivity contribution is 0.427. The van der Waals surface area contributed by atoms with Crippen LogP contribution in [-0.4, -0.2) is 41.2 Å². The Morgan fingerprint density at radius 1 is 1.37 bits per heavy atom. The van der Waals surface area contributed by atoms with Crippen LogP contribution in [0.1, 0.15) is 6.92 Å². The molecule has 9 heteroatoms. The molecule has 0 spiro atoms. The Balaban J connectivity index is 2.02. The van der Waals surface area contributed by atoms with Crippen molar-refractivity contribution in [1.82, 2.24) is 34.7 Å². The van der Waals surface area contributed by atoms with Gasteiger partial charge in [0, 0.05) is 13.6 Å². The molecule has 9 nitrogen and oxygen atoms in total. The molecule has 3 aromatic heterocycles. The summed E-state index contributed by atoms with van der Waals surface area (Å²) >= 11 is 0. The zero-order valence-corrected chi connectivity index (χ0v) is 10.5. The summed E-state index contributed by atoms with van der Waals surface area (Å²) in [5, 5.41) is 7.06. The monoisotopic (exact) mass is 260 g/mol. The number of hydrogen-bond donors (Lipinski definition) is 2. The van der Waals surface area contributed by atoms with Crippen molar-refractivity contribution in [3.63, 3.8) is 0 Å². The van der Waals surface area contributed by atoms with Crippen LogP contribution in [0.4, 0.5) is 5.95 Å². The smallest absolute Gasteiger partial charge is 0.342 e. The summed E-state index contributed by atoms with van der Waals surface area (Å²) in [6, 6.07) is 0.222. The summed E-state index contributed by atoms with van der Waals surface area (Å²) in [6.45, 7) is 2.66. The van der Waals surface area contributed by atoms with Crippen molar-refractivity contribution < 1.29 is 4.74 Å². The molecule has 0 radical (unpaired) electrons. The van der Waals surface area contributed by atoms with Gasteiger partial charge in [-0.25, -0.2) is 4.98 Å². The van der Waals surface area contributed by atoms with E-state index < -0.39 is 0 Å². The number of aromatic amines is 1. The molecule has 2 N–H and O–H groups in total. The maximum absolute atomic E-state index is 5.55. The van der Waals surface area contributed by atoms with Crippen LogP contribution in [0.15, 0.2) is 12.7 Å². The third-order valence-electron chi connectivity index (χ3n) is 2.35. The highest BCUT2D eigenvalue weighted by Gasteiger charge is 2.13. The SMILES string of the molecule is CCNc1nc(Oc2ncn(C)n2)c2[nH]cnc2n1. The first-order valence-electron chi connectivity index (χ1n) is 5.74. The van der Waals surface area contributed by atoms with Crippen LogP contribution in [0.5, 0.6) is 11.9 Å². The summed E-state index contributed by atoms with van der Waals surface area (Å²) < 4.78 is 7.10. The lowest BCUT2D eigenvalue weighted by atomic mass is 10.5. The number of fused-ring (bicyclic) bond motifs is 1. The summed E-state index contributed by atoms with van der Waals surface area (Å²) in [5.74, 6) is 0.790. The van der Waals surface area contributed by atoms with Gasteiger partial charge in [-0.3, -0.25) is 4.68 Å². The Hall–Kier alpha value is -2.71. The number of rotatable bonds is 4. The van der Waals surface area contributed by atoms with Crippen molar-refractivity contribution in [3.05, 3.63) is 12.7 Å². The molecule has 3 aromatic rings. The highest BCUT2D eigenvalue weighted by atomic mass is 16.5. The van der Waals surface area contributed by atoms with Crippen LogP contribution >= 0.6 is 0 Å². The summed E-state index contributed by atoms with van der Waals surface area (Å²) in [5.41, 5.74) is 1.13. The fraction of sp³-hybridized carbons (Fsp3) is 0.300. The number of aromatic nitrogens is 7. The van der Waals surface area contributed by atoms with Crippen molar-refractivity contribution in [2.75, 3.05) is 11.9 Å². The number of anilines is 1. The van der Waals surface area contributed by atoms with Gasteiger partial charge in [-0.2, -0.15) is 15.0 Å². The van der Waals surface area contributed by atoms with Crippen LogP contribution < -0.4 is 10.1 Å². The molecule has 3 heterocycles. The van der Waals surface area contributed by atoms with Gasteiger partial charge in [-0.15, -0.1) is 5.10 Å². The van der Waals surface area contributed by atoms with E-state index in [1.165, 1.54) is 6.33 Å². The Labute approximate surface area is 108 Å². The van der Waals surface area contributed by atoms with E-state index in [9.17, 15) is 0 Å². The second-order valence-corrected chi connectivity index (χ2v) is 3.79. The van der Waals surface area contributed by atoms with Gasteiger partial charge in [-0.1, -0.05) is 0 Å². The average Bonchev–Trinajstić information content (AvgIpc) is 2.99. The quantitative estimate of drug-likeness (QED) is 0.711. The summed E-state index contributed by atoms with van der Waals surface area (Å²) in [6.07, 6.45) is 3.08. The zero-order chi connectivity index (χ0) is 13.2. The molecule has 3 rings (SSSR count). The number of imidazole rings is 1. The molecule has 0 bridgehead atoms. The first-order chi connectivity index (χ1) is 9.26. The molecule has 0 saturated heterocycles. The molecule has 0 amide bonds. The van der Waals surface area contributed by atoms with Gasteiger partial charge in [0.2, 0.25) is 5.95 Å². The van der Waals surface area contributed by atoms with Crippen LogP contribution in [0.25, 0.3) is 11.2 Å². The number of nitrogens with one attached hydrogen (secondary N) is 2. The molecule has 0 aliphatic carbocycles. The van der Waals surface area contributed by atoms with Gasteiger partial charge in [0.25, 0.3) is 5.88 Å². The first-order valence-corrected chi connectivity index (χ1v) is 5.74. The Morgan fingerprint density at radius 3 is 3.00 bits per heavy atom. The van der Waals surface area contributed by atoms with E-state index >= 15 is 0 Å². The third kappa shape index (κ3) is 2.17. The van der Waals surface area contributed by atoms with Gasteiger partial charge in [0.1, 0.15) is 11.8 Å². The summed E-state index contributed by atoms with van der Waals surface area (Å²) in [4.78, 5) is 19.5. The molecule has 0 saturated carbocycles. The van der Waals surface area contributed by atoms with E-state index in [2.05, 4.69) is 35.3 Å². The standard InChI is InChI=1S/C10H12N8O/c1-3-11-9-15-7-6(12-4-13-7)8(16-9)19-10-14-5-18(2)17-10/h4-5H,3H2,1-2H3,(H2,11,12,13,15,16). The molecule has 19 heavy (non-hydrogen) atoms. The van der Waals surface area contributed by atoms with Crippen LogP contribution in [0.2, 0.25) is 0 Å². The number of H-pyrrole nitrogens is 1. The van der Waals surface area contributed by atoms with Gasteiger partial charge in [0.05, 0.1) is 6.33 Å². The normalized spacial score (nSPS) is 10.8. The van der Waals surface area contributed by atoms with Gasteiger partial charge >= 0.3 is 6.01 Å². The van der Waals surface area contributed by atoms with E-state index in [1.54, 1.807) is 18.1 Å². The van der Waals surface area contributed by atoms with Crippen molar-refractivity contribution in [3.8, 4) is 11.9 Å². The molecule has 0 aliphatic heterocycles. The molecule has 0 atom stereocenters. The van der Waals surface area contributed by atoms with E-state index in [-0.39, 0.29) is 6.01 Å². The molecule has 0 aromatic carbocycles.